The first-order valence-corrected chi connectivity index (χ1v) is 8.45. The summed E-state index contributed by atoms with van der Waals surface area (Å²) in [6.45, 7) is 2.10. The van der Waals surface area contributed by atoms with E-state index in [-0.39, 0.29) is 12.5 Å². The van der Waals surface area contributed by atoms with E-state index in [9.17, 15) is 4.79 Å². The zero-order valence-electron chi connectivity index (χ0n) is 13.0. The highest BCUT2D eigenvalue weighted by Gasteiger charge is 2.09. The van der Waals surface area contributed by atoms with Gasteiger partial charge in [-0.1, -0.05) is 12.1 Å². The Labute approximate surface area is 138 Å². The number of aliphatic hydroxyl groups excluding tert-OH is 1. The van der Waals surface area contributed by atoms with Gasteiger partial charge in [0, 0.05) is 36.0 Å². The highest BCUT2D eigenvalue weighted by Crippen LogP contribution is 2.18. The van der Waals surface area contributed by atoms with Gasteiger partial charge in [0.2, 0.25) is 5.91 Å². The van der Waals surface area contributed by atoms with E-state index < -0.39 is 0 Å². The largest absolute Gasteiger partial charge is 0.396 e. The average Bonchev–Trinajstić information content (AvgIpc) is 3.07. The quantitative estimate of drug-likeness (QED) is 0.731. The SMILES string of the molecule is Cc1cn2c(CCC(=O)Nc3ccc(CCO)cc3)csc2n1. The van der Waals surface area contributed by atoms with Crippen molar-refractivity contribution in [1.82, 2.24) is 9.38 Å². The van der Waals surface area contributed by atoms with Crippen LogP contribution in [0.25, 0.3) is 4.96 Å². The van der Waals surface area contributed by atoms with Crippen LogP contribution in [0.2, 0.25) is 0 Å². The van der Waals surface area contributed by atoms with Crippen molar-refractivity contribution in [3.8, 4) is 0 Å². The number of carbonyl (C=O) groups excluding carboxylic acids is 1. The molecule has 0 aliphatic heterocycles. The number of amides is 1. The normalized spacial score (nSPS) is 11.0. The Kier molecular flexibility index (Phi) is 4.73. The Morgan fingerprint density at radius 1 is 1.30 bits per heavy atom. The first-order chi connectivity index (χ1) is 11.2. The molecule has 0 unspecified atom stereocenters. The van der Waals surface area contributed by atoms with Gasteiger partial charge in [-0.3, -0.25) is 9.20 Å². The molecule has 5 nitrogen and oxygen atoms in total. The van der Waals surface area contributed by atoms with Crippen LogP contribution in [-0.4, -0.2) is 27.0 Å². The number of aliphatic hydroxyl groups is 1. The van der Waals surface area contributed by atoms with E-state index in [2.05, 4.69) is 20.1 Å². The van der Waals surface area contributed by atoms with E-state index in [4.69, 9.17) is 5.11 Å². The molecule has 0 atom stereocenters. The van der Waals surface area contributed by atoms with Crippen molar-refractivity contribution in [2.24, 2.45) is 0 Å². The lowest BCUT2D eigenvalue weighted by molar-refractivity contribution is -0.116. The molecule has 0 aliphatic rings. The van der Waals surface area contributed by atoms with Crippen molar-refractivity contribution in [2.45, 2.75) is 26.2 Å². The number of nitrogens with one attached hydrogen (secondary N) is 1. The summed E-state index contributed by atoms with van der Waals surface area (Å²) in [6, 6.07) is 7.57. The molecule has 3 aromatic rings. The molecule has 0 saturated heterocycles. The number of benzene rings is 1. The van der Waals surface area contributed by atoms with Crippen LogP contribution in [-0.2, 0) is 17.6 Å². The standard InChI is InChI=1S/C17H19N3O2S/c1-12-10-20-15(11-23-17(20)18-12)6-7-16(22)19-14-4-2-13(3-5-14)8-9-21/h2-5,10-11,21H,6-9H2,1H3,(H,19,22). The molecule has 6 heteroatoms. The number of anilines is 1. The molecule has 0 bridgehead atoms. The summed E-state index contributed by atoms with van der Waals surface area (Å²) >= 11 is 1.60. The van der Waals surface area contributed by atoms with Gasteiger partial charge in [-0.15, -0.1) is 11.3 Å². The monoisotopic (exact) mass is 329 g/mol. The van der Waals surface area contributed by atoms with E-state index in [1.165, 1.54) is 0 Å². The van der Waals surface area contributed by atoms with E-state index in [0.717, 1.165) is 27.6 Å². The van der Waals surface area contributed by atoms with Crippen LogP contribution in [0.4, 0.5) is 5.69 Å². The zero-order chi connectivity index (χ0) is 16.2. The fourth-order valence-electron chi connectivity index (χ4n) is 2.47. The fourth-order valence-corrected chi connectivity index (χ4v) is 3.42. The number of imidazole rings is 1. The lowest BCUT2D eigenvalue weighted by Gasteiger charge is -2.06. The highest BCUT2D eigenvalue weighted by molar-refractivity contribution is 7.15. The highest BCUT2D eigenvalue weighted by atomic mass is 32.1. The summed E-state index contributed by atoms with van der Waals surface area (Å²) in [5, 5.41) is 13.9. The van der Waals surface area contributed by atoms with Crippen molar-refractivity contribution < 1.29 is 9.90 Å². The van der Waals surface area contributed by atoms with E-state index in [1.54, 1.807) is 11.3 Å². The Balaban J connectivity index is 1.56. The van der Waals surface area contributed by atoms with Crippen LogP contribution in [0.15, 0.2) is 35.8 Å². The summed E-state index contributed by atoms with van der Waals surface area (Å²) in [5.74, 6) is -0.00362. The molecule has 1 aromatic carbocycles. The summed E-state index contributed by atoms with van der Waals surface area (Å²) < 4.78 is 2.05. The smallest absolute Gasteiger partial charge is 0.224 e. The van der Waals surface area contributed by atoms with Gasteiger partial charge in [0.25, 0.3) is 0 Å². The molecule has 3 rings (SSSR count). The van der Waals surface area contributed by atoms with Crippen LogP contribution in [0.5, 0.6) is 0 Å². The Bertz CT molecular complexity index is 805. The lowest BCUT2D eigenvalue weighted by atomic mass is 10.1. The van der Waals surface area contributed by atoms with Crippen molar-refractivity contribution >= 4 is 27.9 Å². The maximum atomic E-state index is 12.1. The van der Waals surface area contributed by atoms with Gasteiger partial charge in [-0.25, -0.2) is 4.98 Å². The predicted octanol–water partition coefficient (Wildman–Crippen LogP) is 2.81. The van der Waals surface area contributed by atoms with Gasteiger partial charge >= 0.3 is 0 Å². The van der Waals surface area contributed by atoms with Gasteiger partial charge < -0.3 is 10.4 Å². The third-order valence-corrected chi connectivity index (χ3v) is 4.54. The van der Waals surface area contributed by atoms with Crippen LogP contribution in [0.1, 0.15) is 23.4 Å². The minimum absolute atomic E-state index is 0.00362. The lowest BCUT2D eigenvalue weighted by Crippen LogP contribution is -2.12. The second-order valence-corrected chi connectivity index (χ2v) is 6.32. The number of carbonyl (C=O) groups is 1. The second kappa shape index (κ2) is 6.93. The molecule has 120 valence electrons. The molecule has 0 aliphatic carbocycles. The van der Waals surface area contributed by atoms with Crippen molar-refractivity contribution in [1.29, 1.82) is 0 Å². The Morgan fingerprint density at radius 3 is 2.83 bits per heavy atom. The van der Waals surface area contributed by atoms with Gasteiger partial charge in [0.15, 0.2) is 4.96 Å². The van der Waals surface area contributed by atoms with Crippen molar-refractivity contribution in [3.63, 3.8) is 0 Å². The Morgan fingerprint density at radius 2 is 2.09 bits per heavy atom. The molecule has 23 heavy (non-hydrogen) atoms. The fraction of sp³-hybridized carbons (Fsp3) is 0.294. The molecule has 2 N–H and O–H groups in total. The molecule has 2 aromatic heterocycles. The maximum absolute atomic E-state index is 12.1. The third-order valence-electron chi connectivity index (χ3n) is 3.65. The third kappa shape index (κ3) is 3.78. The summed E-state index contributed by atoms with van der Waals surface area (Å²) in [4.78, 5) is 17.5. The number of hydrogen-bond donors (Lipinski definition) is 2. The molecular weight excluding hydrogens is 310 g/mol. The van der Waals surface area contributed by atoms with Crippen molar-refractivity contribution in [3.05, 3.63) is 52.8 Å². The number of nitrogens with zero attached hydrogens (tertiary/aromatic N) is 2. The van der Waals surface area contributed by atoms with Crippen molar-refractivity contribution in [2.75, 3.05) is 11.9 Å². The van der Waals surface area contributed by atoms with Crippen LogP contribution in [0, 0.1) is 6.92 Å². The molecule has 0 spiro atoms. The predicted molar refractivity (Wildman–Crippen MR) is 92.0 cm³/mol. The van der Waals surface area contributed by atoms with Gasteiger partial charge in [-0.05, 0) is 37.5 Å². The number of aromatic nitrogens is 2. The summed E-state index contributed by atoms with van der Waals surface area (Å²) in [6.07, 6.45) is 3.75. The zero-order valence-corrected chi connectivity index (χ0v) is 13.8. The number of hydrogen-bond acceptors (Lipinski definition) is 4. The molecule has 0 radical (unpaired) electrons. The molecule has 1 amide bonds. The van der Waals surface area contributed by atoms with E-state index in [0.29, 0.717) is 19.3 Å². The molecule has 0 fully saturated rings. The maximum Gasteiger partial charge on any atom is 0.224 e. The van der Waals surface area contributed by atoms with Gasteiger partial charge in [0.05, 0.1) is 5.69 Å². The minimum Gasteiger partial charge on any atom is -0.396 e. The number of thiazole rings is 1. The van der Waals surface area contributed by atoms with Crippen LogP contribution in [0.3, 0.4) is 0 Å². The average molecular weight is 329 g/mol. The Hall–Kier alpha value is -2.18. The topological polar surface area (TPSA) is 66.6 Å². The van der Waals surface area contributed by atoms with Gasteiger partial charge in [-0.2, -0.15) is 0 Å². The van der Waals surface area contributed by atoms with Gasteiger partial charge in [0.1, 0.15) is 0 Å². The summed E-state index contributed by atoms with van der Waals surface area (Å²) in [5.41, 5.74) is 3.94. The molecule has 0 saturated carbocycles. The van der Waals surface area contributed by atoms with Crippen LogP contribution < -0.4 is 5.32 Å². The number of aryl methyl sites for hydroxylation is 2. The second-order valence-electron chi connectivity index (χ2n) is 5.48. The van der Waals surface area contributed by atoms with Crippen LogP contribution >= 0.6 is 11.3 Å². The molecular formula is C17H19N3O2S. The molecule has 2 heterocycles. The number of rotatable bonds is 6. The van der Waals surface area contributed by atoms with E-state index in [1.807, 2.05) is 37.4 Å². The number of fused-ring (bicyclic) bond motifs is 1. The first-order valence-electron chi connectivity index (χ1n) is 7.57. The summed E-state index contributed by atoms with van der Waals surface area (Å²) in [7, 11) is 0. The van der Waals surface area contributed by atoms with E-state index >= 15 is 0 Å². The minimum atomic E-state index is -0.00362. The first kappa shape index (κ1) is 15.7.